The molecule has 2 rings (SSSR count). The minimum atomic E-state index is -0.481. The van der Waals surface area contributed by atoms with Crippen molar-refractivity contribution in [3.63, 3.8) is 0 Å². The SMILES string of the molecule is Cc1cc([C@@H](C)O)ccc1OCc1cccc(Cl)c1Cl. The Hall–Kier alpha value is -1.22. The van der Waals surface area contributed by atoms with Crippen molar-refractivity contribution < 1.29 is 9.84 Å². The molecule has 2 aromatic carbocycles. The molecule has 0 radical (unpaired) electrons. The molecule has 0 amide bonds. The first kappa shape index (κ1) is 15.2. The predicted octanol–water partition coefficient (Wildman–Crippen LogP) is 4.93. The molecule has 0 fully saturated rings. The molecular weight excluding hydrogens is 295 g/mol. The summed E-state index contributed by atoms with van der Waals surface area (Å²) in [6, 6.07) is 11.1. The van der Waals surface area contributed by atoms with Crippen LogP contribution in [0.15, 0.2) is 36.4 Å². The highest BCUT2D eigenvalue weighted by molar-refractivity contribution is 6.42. The van der Waals surface area contributed by atoms with Gasteiger partial charge in [-0.2, -0.15) is 0 Å². The quantitative estimate of drug-likeness (QED) is 0.867. The van der Waals surface area contributed by atoms with Crippen LogP contribution in [0.25, 0.3) is 0 Å². The summed E-state index contributed by atoms with van der Waals surface area (Å²) < 4.78 is 5.77. The molecule has 0 aliphatic carbocycles. The van der Waals surface area contributed by atoms with Crippen LogP contribution in [0.1, 0.15) is 29.7 Å². The summed E-state index contributed by atoms with van der Waals surface area (Å²) in [7, 11) is 0. The first-order valence-electron chi connectivity index (χ1n) is 6.33. The largest absolute Gasteiger partial charge is 0.489 e. The lowest BCUT2D eigenvalue weighted by molar-refractivity contribution is 0.199. The standard InChI is InChI=1S/C16H16Cl2O2/c1-10-8-12(11(2)19)6-7-15(10)20-9-13-4-3-5-14(17)16(13)18/h3-8,11,19H,9H2,1-2H3/t11-/m1/s1. The normalized spacial score (nSPS) is 12.2. The van der Waals surface area contributed by atoms with E-state index in [-0.39, 0.29) is 0 Å². The molecule has 1 atom stereocenters. The lowest BCUT2D eigenvalue weighted by Gasteiger charge is -2.13. The Morgan fingerprint density at radius 2 is 1.95 bits per heavy atom. The Bertz CT molecular complexity index is 609. The van der Waals surface area contributed by atoms with Crippen molar-refractivity contribution in [1.82, 2.24) is 0 Å². The molecule has 0 saturated heterocycles. The summed E-state index contributed by atoms with van der Waals surface area (Å²) in [5.74, 6) is 0.769. The molecular formula is C16H16Cl2O2. The lowest BCUT2D eigenvalue weighted by atomic mass is 10.1. The summed E-state index contributed by atoms with van der Waals surface area (Å²) >= 11 is 12.1. The smallest absolute Gasteiger partial charge is 0.122 e. The summed E-state index contributed by atoms with van der Waals surface area (Å²) in [6.07, 6.45) is -0.481. The molecule has 20 heavy (non-hydrogen) atoms. The number of aliphatic hydroxyl groups excluding tert-OH is 1. The maximum Gasteiger partial charge on any atom is 0.122 e. The van der Waals surface area contributed by atoms with Crippen LogP contribution in [0, 0.1) is 6.92 Å². The number of hydrogen-bond donors (Lipinski definition) is 1. The van der Waals surface area contributed by atoms with E-state index in [1.54, 1.807) is 13.0 Å². The summed E-state index contributed by atoms with van der Waals surface area (Å²) in [5.41, 5.74) is 2.69. The zero-order valence-corrected chi connectivity index (χ0v) is 12.9. The highest BCUT2D eigenvalue weighted by Gasteiger charge is 2.08. The van der Waals surface area contributed by atoms with Gasteiger partial charge in [-0.05, 0) is 43.2 Å². The highest BCUT2D eigenvalue weighted by Crippen LogP contribution is 2.28. The Morgan fingerprint density at radius 1 is 1.20 bits per heavy atom. The number of halogens is 2. The average Bonchev–Trinajstić information content (AvgIpc) is 2.41. The Balaban J connectivity index is 2.13. The third-order valence-corrected chi connectivity index (χ3v) is 3.95. The van der Waals surface area contributed by atoms with Gasteiger partial charge in [0.1, 0.15) is 12.4 Å². The zero-order chi connectivity index (χ0) is 14.7. The second kappa shape index (κ2) is 6.49. The van der Waals surface area contributed by atoms with Gasteiger partial charge in [0.2, 0.25) is 0 Å². The molecule has 2 aromatic rings. The molecule has 0 heterocycles. The van der Waals surface area contributed by atoms with Crippen LogP contribution in [0.5, 0.6) is 5.75 Å². The van der Waals surface area contributed by atoms with Crippen LogP contribution >= 0.6 is 23.2 Å². The van der Waals surface area contributed by atoms with E-state index in [1.165, 1.54) is 0 Å². The minimum Gasteiger partial charge on any atom is -0.489 e. The van der Waals surface area contributed by atoms with Crippen LogP contribution in [0.2, 0.25) is 10.0 Å². The summed E-state index contributed by atoms with van der Waals surface area (Å²) in [6.45, 7) is 4.04. The Morgan fingerprint density at radius 3 is 2.60 bits per heavy atom. The molecule has 1 N–H and O–H groups in total. The van der Waals surface area contributed by atoms with Gasteiger partial charge in [-0.1, -0.05) is 41.4 Å². The van der Waals surface area contributed by atoms with Gasteiger partial charge in [0.15, 0.2) is 0 Å². The number of ether oxygens (including phenoxy) is 1. The van der Waals surface area contributed by atoms with E-state index in [2.05, 4.69) is 0 Å². The van der Waals surface area contributed by atoms with Crippen molar-refractivity contribution >= 4 is 23.2 Å². The van der Waals surface area contributed by atoms with Gasteiger partial charge in [0.05, 0.1) is 16.1 Å². The van der Waals surface area contributed by atoms with Gasteiger partial charge in [-0.3, -0.25) is 0 Å². The van der Waals surface area contributed by atoms with Gasteiger partial charge >= 0.3 is 0 Å². The molecule has 2 nitrogen and oxygen atoms in total. The van der Waals surface area contributed by atoms with E-state index in [9.17, 15) is 5.11 Å². The third-order valence-electron chi connectivity index (χ3n) is 3.10. The fourth-order valence-corrected chi connectivity index (χ4v) is 2.28. The Kier molecular flexibility index (Phi) is 4.92. The van der Waals surface area contributed by atoms with Crippen molar-refractivity contribution in [2.75, 3.05) is 0 Å². The lowest BCUT2D eigenvalue weighted by Crippen LogP contribution is -1.99. The third kappa shape index (κ3) is 3.45. The van der Waals surface area contributed by atoms with E-state index < -0.39 is 6.10 Å². The second-order valence-corrected chi connectivity index (χ2v) is 5.49. The van der Waals surface area contributed by atoms with E-state index in [4.69, 9.17) is 27.9 Å². The number of benzene rings is 2. The van der Waals surface area contributed by atoms with E-state index >= 15 is 0 Å². The highest BCUT2D eigenvalue weighted by atomic mass is 35.5. The van der Waals surface area contributed by atoms with E-state index in [0.29, 0.717) is 16.7 Å². The van der Waals surface area contributed by atoms with Crippen LogP contribution in [-0.4, -0.2) is 5.11 Å². The minimum absolute atomic E-state index is 0.355. The van der Waals surface area contributed by atoms with Gasteiger partial charge in [0.25, 0.3) is 0 Å². The first-order valence-corrected chi connectivity index (χ1v) is 7.09. The van der Waals surface area contributed by atoms with Gasteiger partial charge in [-0.15, -0.1) is 0 Å². The van der Waals surface area contributed by atoms with Gasteiger partial charge < -0.3 is 9.84 Å². The molecule has 0 aromatic heterocycles. The van der Waals surface area contributed by atoms with Crippen LogP contribution in [0.3, 0.4) is 0 Å². The fourth-order valence-electron chi connectivity index (χ4n) is 1.91. The number of rotatable bonds is 4. The van der Waals surface area contributed by atoms with Gasteiger partial charge in [-0.25, -0.2) is 0 Å². The predicted molar refractivity (Wildman–Crippen MR) is 82.6 cm³/mol. The number of aliphatic hydroxyl groups is 1. The molecule has 4 heteroatoms. The maximum atomic E-state index is 9.54. The van der Waals surface area contributed by atoms with Crippen molar-refractivity contribution in [3.05, 3.63) is 63.1 Å². The molecule has 0 aliphatic rings. The second-order valence-electron chi connectivity index (χ2n) is 4.70. The molecule has 0 unspecified atom stereocenters. The molecule has 0 aliphatic heterocycles. The Labute approximate surface area is 128 Å². The molecule has 0 bridgehead atoms. The monoisotopic (exact) mass is 310 g/mol. The molecule has 0 saturated carbocycles. The maximum absolute atomic E-state index is 9.54. The summed E-state index contributed by atoms with van der Waals surface area (Å²) in [5, 5.41) is 10.6. The number of hydrogen-bond acceptors (Lipinski definition) is 2. The van der Waals surface area contributed by atoms with Gasteiger partial charge in [0, 0.05) is 5.56 Å². The first-order chi connectivity index (χ1) is 9.49. The molecule has 106 valence electrons. The van der Waals surface area contributed by atoms with E-state index in [0.717, 1.165) is 22.4 Å². The van der Waals surface area contributed by atoms with Crippen molar-refractivity contribution in [3.8, 4) is 5.75 Å². The van der Waals surface area contributed by atoms with Crippen molar-refractivity contribution in [2.24, 2.45) is 0 Å². The zero-order valence-electron chi connectivity index (χ0n) is 11.4. The van der Waals surface area contributed by atoms with Crippen molar-refractivity contribution in [2.45, 2.75) is 26.6 Å². The van der Waals surface area contributed by atoms with E-state index in [1.807, 2.05) is 37.3 Å². The van der Waals surface area contributed by atoms with Crippen LogP contribution < -0.4 is 4.74 Å². The topological polar surface area (TPSA) is 29.5 Å². The average molecular weight is 311 g/mol. The summed E-state index contributed by atoms with van der Waals surface area (Å²) in [4.78, 5) is 0. The van der Waals surface area contributed by atoms with Crippen LogP contribution in [-0.2, 0) is 6.61 Å². The van der Waals surface area contributed by atoms with Crippen LogP contribution in [0.4, 0.5) is 0 Å². The van der Waals surface area contributed by atoms with Crippen molar-refractivity contribution in [1.29, 1.82) is 0 Å². The molecule has 0 spiro atoms. The fraction of sp³-hybridized carbons (Fsp3) is 0.250. The number of aryl methyl sites for hydroxylation is 1.